The molecule has 3 aromatic heterocycles. The van der Waals surface area contributed by atoms with Gasteiger partial charge in [-0.1, -0.05) is 4.52 Å². The van der Waals surface area contributed by atoms with E-state index in [0.717, 1.165) is 23.6 Å². The van der Waals surface area contributed by atoms with Crippen molar-refractivity contribution in [3.63, 3.8) is 0 Å². The Bertz CT molecular complexity index is 1310. The Hall–Kier alpha value is -3.59. The minimum atomic E-state index is -4.86. The van der Waals surface area contributed by atoms with E-state index in [9.17, 15) is 30.7 Å². The Labute approximate surface area is 205 Å². The lowest BCUT2D eigenvalue weighted by molar-refractivity contribution is -0.598. The molecule has 2 unspecified atom stereocenters. The van der Waals surface area contributed by atoms with Crippen LogP contribution in [0.1, 0.15) is 24.2 Å². The first kappa shape index (κ1) is 25.1. The Morgan fingerprint density at radius 2 is 1.78 bits per heavy atom. The summed E-state index contributed by atoms with van der Waals surface area (Å²) in [7, 11) is 0. The number of piperidine rings is 1. The first-order chi connectivity index (χ1) is 17.3. The van der Waals surface area contributed by atoms with Gasteiger partial charge in [0, 0.05) is 30.0 Å². The second-order valence-electron chi connectivity index (χ2n) is 9.18. The van der Waals surface area contributed by atoms with Gasteiger partial charge >= 0.3 is 18.3 Å². The number of rotatable bonds is 5. The van der Waals surface area contributed by atoms with Crippen molar-refractivity contribution in [3.8, 4) is 5.75 Å². The lowest BCUT2D eigenvalue weighted by atomic mass is 9.92. The number of hydrogen-bond donors (Lipinski definition) is 2. The third-order valence-corrected chi connectivity index (χ3v) is 6.75. The average Bonchev–Trinajstić information content (AvgIpc) is 3.24. The first-order valence-corrected chi connectivity index (χ1v) is 11.3. The summed E-state index contributed by atoms with van der Waals surface area (Å²) >= 11 is 0. The average molecular weight is 535 g/mol. The number of pyridine rings is 1. The maximum Gasteiger partial charge on any atom is 0.445 e. The normalized spacial score (nSPS) is 22.1. The zero-order valence-corrected chi connectivity index (χ0v) is 19.3. The first-order valence-electron chi connectivity index (χ1n) is 11.3. The topological polar surface area (TPSA) is 97.5 Å². The molecular formula is C21H22F7N8O+. The van der Waals surface area contributed by atoms with Crippen molar-refractivity contribution in [2.24, 2.45) is 11.8 Å². The van der Waals surface area contributed by atoms with Crippen molar-refractivity contribution < 1.29 is 40.1 Å². The van der Waals surface area contributed by atoms with E-state index in [2.05, 4.69) is 20.4 Å². The number of nitrogens with two attached hydrogens (primary N) is 1. The smallest absolute Gasteiger partial charge is 0.445 e. The van der Waals surface area contributed by atoms with Crippen molar-refractivity contribution >= 4 is 17.4 Å². The number of hydrogen-bond acceptors (Lipinski definition) is 7. The van der Waals surface area contributed by atoms with Crippen LogP contribution in [-0.2, 0) is 6.18 Å². The number of aromatic nitrogens is 5. The van der Waals surface area contributed by atoms with Crippen molar-refractivity contribution in [2.75, 3.05) is 35.8 Å². The molecule has 1 aliphatic heterocycles. The predicted octanol–water partition coefficient (Wildman–Crippen LogP) is 2.86. The zero-order valence-electron chi connectivity index (χ0n) is 19.3. The molecular weight excluding hydrogens is 513 g/mol. The van der Waals surface area contributed by atoms with Crippen LogP contribution in [0.3, 0.4) is 0 Å². The number of alkyl halides is 6. The molecule has 5 rings (SSSR count). The van der Waals surface area contributed by atoms with Crippen LogP contribution in [0, 0.1) is 24.6 Å². The molecule has 2 bridgehead atoms. The molecule has 16 heteroatoms. The quantitative estimate of drug-likeness (QED) is 0.295. The standard InChI is InChI=1S/C21H22F7N8O/c1-10-15(22)17(31-9-30-10)34-6-11-2-3-12(7-34)16(11)32-19-33-36-14(21(26,27)28)5-4-13(18(36)35(19)29)37-8-20(23,24)25/h4-5,9,11-12,16H,2-3,6-8,29H2,1H3,(H,32,33)/q+1. The Morgan fingerprint density at radius 3 is 2.41 bits per heavy atom. The molecule has 3 N–H and O–H groups in total. The van der Waals surface area contributed by atoms with Gasteiger partial charge in [-0.2, -0.15) is 26.3 Å². The zero-order chi connectivity index (χ0) is 26.7. The van der Waals surface area contributed by atoms with Gasteiger partial charge in [-0.3, -0.25) is 11.2 Å². The molecule has 37 heavy (non-hydrogen) atoms. The SMILES string of the molecule is Cc1ncnc(N2CC3CCC(C2)C3Nc2nn3c(C(F)(F)F)ccc(OCC(F)(F)F)c3[n+]2N)c1F. The summed E-state index contributed by atoms with van der Waals surface area (Å²) in [6.45, 7) is 0.666. The minimum Gasteiger partial charge on any atom is -0.478 e. The summed E-state index contributed by atoms with van der Waals surface area (Å²) in [5, 5.41) is 7.03. The van der Waals surface area contributed by atoms with Crippen LogP contribution in [0.4, 0.5) is 42.5 Å². The molecule has 2 atom stereocenters. The minimum absolute atomic E-state index is 0.0405. The maximum atomic E-state index is 14.6. The number of anilines is 2. The van der Waals surface area contributed by atoms with Gasteiger partial charge in [0.1, 0.15) is 6.33 Å². The molecule has 0 aromatic carbocycles. The fourth-order valence-corrected chi connectivity index (χ4v) is 5.11. The number of aryl methyl sites for hydroxylation is 1. The van der Waals surface area contributed by atoms with Gasteiger partial charge in [-0.25, -0.2) is 14.4 Å². The van der Waals surface area contributed by atoms with Gasteiger partial charge < -0.3 is 9.64 Å². The number of halogens is 7. The molecule has 0 radical (unpaired) electrons. The highest BCUT2D eigenvalue weighted by atomic mass is 19.4. The van der Waals surface area contributed by atoms with Crippen LogP contribution in [-0.4, -0.2) is 51.5 Å². The molecule has 3 aromatic rings. The second kappa shape index (κ2) is 8.76. The summed E-state index contributed by atoms with van der Waals surface area (Å²) in [5.74, 6) is 4.94. The molecule has 1 aliphatic carbocycles. The van der Waals surface area contributed by atoms with Crippen LogP contribution in [0.25, 0.3) is 5.65 Å². The summed E-state index contributed by atoms with van der Waals surface area (Å²) in [6.07, 6.45) is -6.77. The lowest BCUT2D eigenvalue weighted by Crippen LogP contribution is -2.52. The van der Waals surface area contributed by atoms with Gasteiger partial charge in [0.05, 0.1) is 11.7 Å². The summed E-state index contributed by atoms with van der Waals surface area (Å²) in [4.78, 5) is 9.72. The maximum absolute atomic E-state index is 14.6. The largest absolute Gasteiger partial charge is 0.478 e. The molecule has 2 aliphatic rings. The summed E-state index contributed by atoms with van der Waals surface area (Å²) in [5.41, 5.74) is -1.51. The van der Waals surface area contributed by atoms with E-state index in [1.54, 1.807) is 0 Å². The van der Waals surface area contributed by atoms with Gasteiger partial charge in [0.25, 0.3) is 5.65 Å². The number of nitrogens with one attached hydrogen (secondary N) is 1. The number of nitrogens with zero attached hydrogens (tertiary/aromatic N) is 6. The van der Waals surface area contributed by atoms with E-state index in [-0.39, 0.29) is 35.3 Å². The molecule has 0 spiro atoms. The fraction of sp³-hybridized carbons (Fsp3) is 0.524. The van der Waals surface area contributed by atoms with E-state index in [0.29, 0.717) is 23.7 Å². The monoisotopic (exact) mass is 535 g/mol. The molecule has 4 heterocycles. The Balaban J connectivity index is 1.45. The van der Waals surface area contributed by atoms with E-state index in [1.165, 1.54) is 13.3 Å². The van der Waals surface area contributed by atoms with Crippen LogP contribution in [0.2, 0.25) is 0 Å². The molecule has 1 saturated carbocycles. The Kier molecular flexibility index (Phi) is 5.94. The second-order valence-corrected chi connectivity index (χ2v) is 9.18. The lowest BCUT2D eigenvalue weighted by Gasteiger charge is -2.37. The van der Waals surface area contributed by atoms with Crippen molar-refractivity contribution in [1.82, 2.24) is 19.6 Å². The third kappa shape index (κ3) is 4.64. The number of ether oxygens (including phenoxy) is 1. The molecule has 200 valence electrons. The van der Waals surface area contributed by atoms with Gasteiger partial charge in [-0.05, 0) is 31.9 Å². The van der Waals surface area contributed by atoms with Crippen molar-refractivity contribution in [1.29, 1.82) is 0 Å². The molecule has 2 fully saturated rings. The van der Waals surface area contributed by atoms with E-state index < -0.39 is 41.9 Å². The van der Waals surface area contributed by atoms with Gasteiger partial charge in [0.2, 0.25) is 5.69 Å². The summed E-state index contributed by atoms with van der Waals surface area (Å²) < 4.78 is 99.5. The highest BCUT2D eigenvalue weighted by molar-refractivity contribution is 5.52. The van der Waals surface area contributed by atoms with Crippen molar-refractivity contribution in [3.05, 3.63) is 35.7 Å². The number of fused-ring (bicyclic) bond motifs is 3. The van der Waals surface area contributed by atoms with Crippen molar-refractivity contribution in [2.45, 2.75) is 38.2 Å². The van der Waals surface area contributed by atoms with Gasteiger partial charge in [-0.15, -0.1) is 4.68 Å². The molecule has 9 nitrogen and oxygen atoms in total. The van der Waals surface area contributed by atoms with E-state index in [1.807, 2.05) is 4.90 Å². The molecule has 0 amide bonds. The highest BCUT2D eigenvalue weighted by Crippen LogP contribution is 2.40. The number of nitrogen functional groups attached to an aromatic ring is 1. The van der Waals surface area contributed by atoms with Crippen LogP contribution in [0.15, 0.2) is 18.5 Å². The molecule has 1 saturated heterocycles. The predicted molar refractivity (Wildman–Crippen MR) is 115 cm³/mol. The Morgan fingerprint density at radius 1 is 1.11 bits per heavy atom. The van der Waals surface area contributed by atoms with Crippen LogP contribution >= 0.6 is 0 Å². The van der Waals surface area contributed by atoms with Crippen LogP contribution in [0.5, 0.6) is 5.75 Å². The van der Waals surface area contributed by atoms with E-state index >= 15 is 0 Å². The third-order valence-electron chi connectivity index (χ3n) is 6.75. The highest BCUT2D eigenvalue weighted by Gasteiger charge is 2.46. The van der Waals surface area contributed by atoms with E-state index in [4.69, 9.17) is 10.6 Å². The summed E-state index contributed by atoms with van der Waals surface area (Å²) in [6, 6.07) is 1.09. The van der Waals surface area contributed by atoms with Gasteiger partial charge in [0.15, 0.2) is 24.0 Å². The fourth-order valence-electron chi connectivity index (χ4n) is 5.11. The van der Waals surface area contributed by atoms with Crippen LogP contribution < -0.4 is 25.5 Å².